The van der Waals surface area contributed by atoms with E-state index in [4.69, 9.17) is 5.11 Å². The molecular weight excluding hydrogens is 264 g/mol. The van der Waals surface area contributed by atoms with Crippen molar-refractivity contribution in [1.29, 1.82) is 0 Å². The number of carbonyl (C=O) groups is 1. The largest absolute Gasteiger partial charge is 0.481 e. The highest BCUT2D eigenvalue weighted by molar-refractivity contribution is 9.10. The third-order valence-corrected chi connectivity index (χ3v) is 3.76. The first-order valence-corrected chi connectivity index (χ1v) is 5.90. The van der Waals surface area contributed by atoms with Crippen molar-refractivity contribution in [2.24, 2.45) is 0 Å². The summed E-state index contributed by atoms with van der Waals surface area (Å²) in [5.41, 5.74) is 1.13. The minimum atomic E-state index is -0.751. The zero-order valence-corrected chi connectivity index (χ0v) is 10.2. The van der Waals surface area contributed by atoms with E-state index >= 15 is 0 Å². The molecule has 0 bridgehead atoms. The first-order chi connectivity index (χ1) is 6.61. The Morgan fingerprint density at radius 1 is 1.71 bits per heavy atom. The molecule has 0 radical (unpaired) electrons. The van der Waals surface area contributed by atoms with Crippen molar-refractivity contribution in [3.63, 3.8) is 0 Å². The Morgan fingerprint density at radius 3 is 2.93 bits per heavy atom. The molecule has 0 saturated heterocycles. The van der Waals surface area contributed by atoms with Crippen molar-refractivity contribution < 1.29 is 9.90 Å². The Morgan fingerprint density at radius 2 is 2.43 bits per heavy atom. The average molecular weight is 275 g/mol. The van der Waals surface area contributed by atoms with Crippen LogP contribution in [0, 0.1) is 0 Å². The van der Waals surface area contributed by atoms with Gasteiger partial charge in [-0.05, 0) is 46.3 Å². The van der Waals surface area contributed by atoms with Crippen LogP contribution >= 0.6 is 27.3 Å². The summed E-state index contributed by atoms with van der Waals surface area (Å²) in [4.78, 5) is 11.5. The summed E-state index contributed by atoms with van der Waals surface area (Å²) in [6.07, 6.45) is 2.75. The summed E-state index contributed by atoms with van der Waals surface area (Å²) in [7, 11) is 0. The van der Waals surface area contributed by atoms with Gasteiger partial charge in [0.1, 0.15) is 0 Å². The lowest BCUT2D eigenvalue weighted by atomic mass is 10.2. The lowest BCUT2D eigenvalue weighted by Gasteiger charge is -1.97. The smallest absolute Gasteiger partial charge is 0.303 e. The van der Waals surface area contributed by atoms with E-state index < -0.39 is 5.97 Å². The molecule has 1 aromatic rings. The highest BCUT2D eigenvalue weighted by atomic mass is 79.9. The van der Waals surface area contributed by atoms with Crippen LogP contribution < -0.4 is 0 Å². The fourth-order valence-corrected chi connectivity index (χ4v) is 2.77. The molecule has 1 aromatic heterocycles. The monoisotopic (exact) mass is 274 g/mol. The van der Waals surface area contributed by atoms with Gasteiger partial charge >= 0.3 is 5.97 Å². The SMILES string of the molecule is CC(=CCCC(=O)O)c1sccc1Br. The van der Waals surface area contributed by atoms with Gasteiger partial charge in [-0.25, -0.2) is 0 Å². The van der Waals surface area contributed by atoms with Crippen LogP contribution in [0.5, 0.6) is 0 Å². The molecule has 76 valence electrons. The molecule has 1 N–H and O–H groups in total. The number of allylic oxidation sites excluding steroid dienone is 2. The van der Waals surface area contributed by atoms with E-state index in [0.29, 0.717) is 6.42 Å². The Balaban J connectivity index is 2.61. The molecule has 14 heavy (non-hydrogen) atoms. The van der Waals surface area contributed by atoms with Crippen molar-refractivity contribution in [1.82, 2.24) is 0 Å². The predicted molar refractivity (Wildman–Crippen MR) is 62.5 cm³/mol. The summed E-state index contributed by atoms with van der Waals surface area (Å²) in [6, 6.07) is 1.99. The molecule has 0 saturated carbocycles. The normalized spacial score (nSPS) is 11.7. The van der Waals surface area contributed by atoms with Crippen molar-refractivity contribution in [2.45, 2.75) is 19.8 Å². The minimum absolute atomic E-state index is 0.195. The van der Waals surface area contributed by atoms with E-state index in [1.165, 1.54) is 4.88 Å². The molecule has 0 fully saturated rings. The van der Waals surface area contributed by atoms with Crippen LogP contribution in [-0.2, 0) is 4.79 Å². The number of hydrogen-bond donors (Lipinski definition) is 1. The molecule has 4 heteroatoms. The highest BCUT2D eigenvalue weighted by Gasteiger charge is 2.02. The third kappa shape index (κ3) is 3.27. The van der Waals surface area contributed by atoms with Gasteiger partial charge in [-0.1, -0.05) is 6.08 Å². The van der Waals surface area contributed by atoms with Crippen molar-refractivity contribution in [3.05, 3.63) is 26.9 Å². The number of thiophene rings is 1. The van der Waals surface area contributed by atoms with Gasteiger partial charge in [0.25, 0.3) is 0 Å². The molecule has 0 amide bonds. The lowest BCUT2D eigenvalue weighted by molar-refractivity contribution is -0.136. The number of hydrogen-bond acceptors (Lipinski definition) is 2. The van der Waals surface area contributed by atoms with Gasteiger partial charge in [-0.3, -0.25) is 4.79 Å². The quantitative estimate of drug-likeness (QED) is 0.908. The van der Waals surface area contributed by atoms with Crippen LogP contribution in [0.1, 0.15) is 24.6 Å². The third-order valence-electron chi connectivity index (χ3n) is 1.78. The average Bonchev–Trinajstić information content (AvgIpc) is 2.50. The van der Waals surface area contributed by atoms with Crippen LogP contribution in [0.2, 0.25) is 0 Å². The maximum absolute atomic E-state index is 10.3. The first-order valence-electron chi connectivity index (χ1n) is 4.23. The second kappa shape index (κ2) is 5.32. The number of rotatable bonds is 4. The summed E-state index contributed by atoms with van der Waals surface area (Å²) < 4.78 is 1.08. The van der Waals surface area contributed by atoms with Gasteiger partial charge in [0.15, 0.2) is 0 Å². The molecular formula is C10H11BrO2S. The van der Waals surface area contributed by atoms with Gasteiger partial charge in [0.2, 0.25) is 0 Å². The molecule has 0 atom stereocenters. The molecule has 2 nitrogen and oxygen atoms in total. The van der Waals surface area contributed by atoms with E-state index in [1.807, 2.05) is 24.4 Å². The second-order valence-corrected chi connectivity index (χ2v) is 4.69. The molecule has 1 rings (SSSR count). The van der Waals surface area contributed by atoms with Crippen molar-refractivity contribution in [2.75, 3.05) is 0 Å². The Kier molecular flexibility index (Phi) is 4.35. The van der Waals surface area contributed by atoms with Gasteiger partial charge in [0.05, 0.1) is 0 Å². The summed E-state index contributed by atoms with van der Waals surface area (Å²) >= 11 is 5.09. The van der Waals surface area contributed by atoms with Gasteiger partial charge < -0.3 is 5.11 Å². The molecule has 0 aliphatic rings. The highest BCUT2D eigenvalue weighted by Crippen LogP contribution is 2.29. The Hall–Kier alpha value is -0.610. The zero-order chi connectivity index (χ0) is 10.6. The molecule has 0 aliphatic heterocycles. The van der Waals surface area contributed by atoms with Crippen LogP contribution in [-0.4, -0.2) is 11.1 Å². The standard InChI is InChI=1S/C10H11BrO2S/c1-7(3-2-4-9(12)13)10-8(11)5-6-14-10/h3,5-6H,2,4H2,1H3,(H,12,13). The van der Waals surface area contributed by atoms with Crippen LogP contribution in [0.4, 0.5) is 0 Å². The predicted octanol–water partition coefficient (Wildman–Crippen LogP) is 3.78. The van der Waals surface area contributed by atoms with Crippen molar-refractivity contribution in [3.8, 4) is 0 Å². The maximum Gasteiger partial charge on any atom is 0.303 e. The van der Waals surface area contributed by atoms with Crippen LogP contribution in [0.25, 0.3) is 5.57 Å². The maximum atomic E-state index is 10.3. The number of halogens is 1. The Bertz CT molecular complexity index is 355. The van der Waals surface area contributed by atoms with E-state index in [0.717, 1.165) is 10.0 Å². The van der Waals surface area contributed by atoms with E-state index in [-0.39, 0.29) is 6.42 Å². The van der Waals surface area contributed by atoms with Crippen LogP contribution in [0.15, 0.2) is 22.0 Å². The number of carboxylic acids is 1. The first kappa shape index (κ1) is 11.5. The number of aliphatic carboxylic acids is 1. The Labute approximate surface area is 95.4 Å². The summed E-state index contributed by atoms with van der Waals surface area (Å²) in [6.45, 7) is 2.00. The summed E-state index contributed by atoms with van der Waals surface area (Å²) in [5, 5.41) is 10.5. The molecule has 0 unspecified atom stereocenters. The van der Waals surface area contributed by atoms with E-state index in [2.05, 4.69) is 15.9 Å². The van der Waals surface area contributed by atoms with Crippen LogP contribution in [0.3, 0.4) is 0 Å². The topological polar surface area (TPSA) is 37.3 Å². The van der Waals surface area contributed by atoms with Gasteiger partial charge in [-0.2, -0.15) is 0 Å². The molecule has 0 spiro atoms. The van der Waals surface area contributed by atoms with E-state index in [1.54, 1.807) is 11.3 Å². The fraction of sp³-hybridized carbons (Fsp3) is 0.300. The number of carboxylic acid groups (broad SMARTS) is 1. The molecule has 0 aromatic carbocycles. The molecule has 1 heterocycles. The van der Waals surface area contributed by atoms with Gasteiger partial charge in [0, 0.05) is 15.8 Å². The second-order valence-electron chi connectivity index (χ2n) is 2.92. The zero-order valence-electron chi connectivity index (χ0n) is 7.79. The minimum Gasteiger partial charge on any atom is -0.481 e. The fourth-order valence-electron chi connectivity index (χ4n) is 1.08. The molecule has 0 aliphatic carbocycles. The van der Waals surface area contributed by atoms with E-state index in [9.17, 15) is 4.79 Å². The lowest BCUT2D eigenvalue weighted by Crippen LogP contribution is -1.92. The van der Waals surface area contributed by atoms with Gasteiger partial charge in [-0.15, -0.1) is 11.3 Å². The summed E-state index contributed by atoms with van der Waals surface area (Å²) in [5.74, 6) is -0.751. The van der Waals surface area contributed by atoms with Crippen molar-refractivity contribution >= 4 is 38.8 Å².